The molecule has 0 saturated carbocycles. The van der Waals surface area contributed by atoms with E-state index in [-0.39, 0.29) is 11.4 Å². The fourth-order valence-corrected chi connectivity index (χ4v) is 2.26. The van der Waals surface area contributed by atoms with E-state index in [2.05, 4.69) is 43.3 Å². The number of anilines is 1. The smallest absolute Gasteiger partial charge is 0.251 e. The van der Waals surface area contributed by atoms with Gasteiger partial charge < -0.3 is 16.4 Å². The third kappa shape index (κ3) is 3.57. The van der Waals surface area contributed by atoms with Crippen molar-refractivity contribution in [3.05, 3.63) is 29.6 Å². The first-order valence-corrected chi connectivity index (χ1v) is 7.63. The number of rotatable bonds is 5. The van der Waals surface area contributed by atoms with E-state index in [0.29, 0.717) is 18.7 Å². The second kappa shape index (κ2) is 6.36. The first-order chi connectivity index (χ1) is 10.4. The monoisotopic (exact) mass is 303 g/mol. The van der Waals surface area contributed by atoms with Gasteiger partial charge in [0.1, 0.15) is 11.5 Å². The molecule has 2 heterocycles. The second-order valence-corrected chi connectivity index (χ2v) is 6.32. The molecule has 0 saturated heterocycles. The third-order valence-corrected chi connectivity index (χ3v) is 3.22. The van der Waals surface area contributed by atoms with Crippen LogP contribution in [0.15, 0.2) is 18.3 Å². The molecule has 6 heteroatoms. The average Bonchev–Trinajstić information content (AvgIpc) is 2.80. The Labute approximate surface area is 131 Å². The van der Waals surface area contributed by atoms with Gasteiger partial charge in [0.05, 0.1) is 5.69 Å². The zero-order chi connectivity index (χ0) is 16.3. The zero-order valence-corrected chi connectivity index (χ0v) is 13.7. The Morgan fingerprint density at radius 1 is 1.41 bits per heavy atom. The molecule has 0 aliphatic heterocycles. The molecule has 0 aromatic carbocycles. The molecule has 1 amide bonds. The number of carbonyl (C=O) groups is 1. The number of aryl methyl sites for hydroxylation is 1. The number of nitrogens with one attached hydrogen (secondary N) is 2. The van der Waals surface area contributed by atoms with Gasteiger partial charge in [-0.3, -0.25) is 9.20 Å². The summed E-state index contributed by atoms with van der Waals surface area (Å²) in [5, 5.41) is 6.26. The van der Waals surface area contributed by atoms with Crippen LogP contribution in [0.2, 0.25) is 0 Å². The van der Waals surface area contributed by atoms with Gasteiger partial charge in [-0.05, 0) is 39.3 Å². The lowest BCUT2D eigenvalue weighted by Gasteiger charge is -2.22. The van der Waals surface area contributed by atoms with Crippen LogP contribution in [0.1, 0.15) is 43.7 Å². The maximum atomic E-state index is 12.0. The highest BCUT2D eigenvalue weighted by Gasteiger charge is 2.18. The van der Waals surface area contributed by atoms with Crippen LogP contribution in [-0.4, -0.2) is 33.9 Å². The van der Waals surface area contributed by atoms with Crippen molar-refractivity contribution < 1.29 is 4.79 Å². The van der Waals surface area contributed by atoms with E-state index in [1.165, 1.54) is 0 Å². The van der Waals surface area contributed by atoms with Crippen LogP contribution in [-0.2, 0) is 6.42 Å². The van der Waals surface area contributed by atoms with Crippen LogP contribution >= 0.6 is 0 Å². The van der Waals surface area contributed by atoms with Crippen molar-refractivity contribution in [3.8, 4) is 0 Å². The molecule has 0 spiro atoms. The van der Waals surface area contributed by atoms with Gasteiger partial charge in [-0.1, -0.05) is 6.92 Å². The minimum atomic E-state index is -0.126. The summed E-state index contributed by atoms with van der Waals surface area (Å²) in [6.07, 6.45) is 2.71. The van der Waals surface area contributed by atoms with Crippen molar-refractivity contribution in [1.29, 1.82) is 0 Å². The van der Waals surface area contributed by atoms with Gasteiger partial charge in [0.25, 0.3) is 5.91 Å². The second-order valence-electron chi connectivity index (χ2n) is 6.32. The van der Waals surface area contributed by atoms with Crippen LogP contribution in [0.4, 0.5) is 5.82 Å². The van der Waals surface area contributed by atoms with E-state index >= 15 is 0 Å². The number of fused-ring (bicyclic) bond motifs is 1. The Bertz CT molecular complexity index is 669. The van der Waals surface area contributed by atoms with Crippen molar-refractivity contribution in [2.45, 2.75) is 39.7 Å². The highest BCUT2D eigenvalue weighted by molar-refractivity contribution is 5.95. The molecule has 120 valence electrons. The molecule has 0 fully saturated rings. The maximum absolute atomic E-state index is 12.0. The number of nitrogens with zero attached hydrogens (tertiary/aromatic N) is 2. The molecule has 0 unspecified atom stereocenters. The molecule has 2 aromatic heterocycles. The number of imidazole rings is 1. The van der Waals surface area contributed by atoms with Crippen LogP contribution in [0.3, 0.4) is 0 Å². The van der Waals surface area contributed by atoms with E-state index in [1.807, 2.05) is 10.6 Å². The van der Waals surface area contributed by atoms with E-state index < -0.39 is 0 Å². The summed E-state index contributed by atoms with van der Waals surface area (Å²) < 4.78 is 1.99. The standard InChI is InChI=1S/C16H25N5O/c1-5-12-14(20-16(2,3)4)21-9-6-11(10-13(21)19-12)15(22)18-8-7-17/h6,9-10,20H,5,7-8,17H2,1-4H3,(H,18,22). The number of pyridine rings is 1. The summed E-state index contributed by atoms with van der Waals surface area (Å²) in [5.41, 5.74) is 7.70. The molecule has 2 aromatic rings. The van der Waals surface area contributed by atoms with Crippen molar-refractivity contribution in [2.75, 3.05) is 18.4 Å². The number of amides is 1. The Kier molecular flexibility index (Phi) is 4.71. The number of aromatic nitrogens is 2. The molecule has 0 bridgehead atoms. The predicted molar refractivity (Wildman–Crippen MR) is 89.3 cm³/mol. The summed E-state index contributed by atoms with van der Waals surface area (Å²) in [6, 6.07) is 3.60. The van der Waals surface area contributed by atoms with Gasteiger partial charge in [0.2, 0.25) is 0 Å². The zero-order valence-electron chi connectivity index (χ0n) is 13.7. The lowest BCUT2D eigenvalue weighted by Crippen LogP contribution is -2.29. The number of hydrogen-bond acceptors (Lipinski definition) is 4. The Hall–Kier alpha value is -2.08. The molecule has 0 aliphatic carbocycles. The molecule has 4 N–H and O–H groups in total. The molecular weight excluding hydrogens is 278 g/mol. The summed E-state index contributed by atoms with van der Waals surface area (Å²) in [6.45, 7) is 9.30. The SMILES string of the molecule is CCc1nc2cc(C(=O)NCCN)ccn2c1NC(C)(C)C. The molecule has 0 aliphatic rings. The first-order valence-electron chi connectivity index (χ1n) is 7.63. The van der Waals surface area contributed by atoms with Gasteiger partial charge in [0, 0.05) is 30.4 Å². The number of carbonyl (C=O) groups excluding carboxylic acids is 1. The minimum Gasteiger partial charge on any atom is -0.365 e. The van der Waals surface area contributed by atoms with Gasteiger partial charge in [0.15, 0.2) is 0 Å². The van der Waals surface area contributed by atoms with Crippen molar-refractivity contribution in [1.82, 2.24) is 14.7 Å². The number of nitrogens with two attached hydrogens (primary N) is 1. The normalized spacial score (nSPS) is 11.7. The highest BCUT2D eigenvalue weighted by Crippen LogP contribution is 2.23. The molecule has 0 radical (unpaired) electrons. The van der Waals surface area contributed by atoms with E-state index in [0.717, 1.165) is 23.6 Å². The Morgan fingerprint density at radius 3 is 2.73 bits per heavy atom. The Balaban J connectivity index is 2.40. The van der Waals surface area contributed by atoms with Crippen molar-refractivity contribution >= 4 is 17.4 Å². The first kappa shape index (κ1) is 16.3. The number of hydrogen-bond donors (Lipinski definition) is 3. The largest absolute Gasteiger partial charge is 0.365 e. The van der Waals surface area contributed by atoms with Gasteiger partial charge >= 0.3 is 0 Å². The van der Waals surface area contributed by atoms with E-state index in [4.69, 9.17) is 5.73 Å². The van der Waals surface area contributed by atoms with Gasteiger partial charge in [-0.2, -0.15) is 0 Å². The molecule has 6 nitrogen and oxygen atoms in total. The van der Waals surface area contributed by atoms with Crippen molar-refractivity contribution in [2.24, 2.45) is 5.73 Å². The molecule has 22 heavy (non-hydrogen) atoms. The lowest BCUT2D eigenvalue weighted by atomic mass is 10.1. The van der Waals surface area contributed by atoms with Gasteiger partial charge in [-0.15, -0.1) is 0 Å². The topological polar surface area (TPSA) is 84.5 Å². The van der Waals surface area contributed by atoms with E-state index in [9.17, 15) is 4.79 Å². The molecular formula is C16H25N5O. The summed E-state index contributed by atoms with van der Waals surface area (Å²) in [5.74, 6) is 0.859. The summed E-state index contributed by atoms with van der Waals surface area (Å²) in [7, 11) is 0. The molecule has 2 rings (SSSR count). The highest BCUT2D eigenvalue weighted by atomic mass is 16.1. The van der Waals surface area contributed by atoms with Crippen LogP contribution in [0.25, 0.3) is 5.65 Å². The Morgan fingerprint density at radius 2 is 2.14 bits per heavy atom. The third-order valence-electron chi connectivity index (χ3n) is 3.22. The average molecular weight is 303 g/mol. The van der Waals surface area contributed by atoms with Crippen LogP contribution in [0.5, 0.6) is 0 Å². The fraction of sp³-hybridized carbons (Fsp3) is 0.500. The summed E-state index contributed by atoms with van der Waals surface area (Å²) >= 11 is 0. The summed E-state index contributed by atoms with van der Waals surface area (Å²) in [4.78, 5) is 16.7. The van der Waals surface area contributed by atoms with Crippen molar-refractivity contribution in [3.63, 3.8) is 0 Å². The van der Waals surface area contributed by atoms with E-state index in [1.54, 1.807) is 12.1 Å². The molecule has 0 atom stereocenters. The van der Waals surface area contributed by atoms with Crippen LogP contribution < -0.4 is 16.4 Å². The predicted octanol–water partition coefficient (Wildman–Crippen LogP) is 1.80. The fourth-order valence-electron chi connectivity index (χ4n) is 2.26. The van der Waals surface area contributed by atoms with Gasteiger partial charge in [-0.25, -0.2) is 4.98 Å². The quantitative estimate of drug-likeness (QED) is 0.786. The maximum Gasteiger partial charge on any atom is 0.251 e. The minimum absolute atomic E-state index is 0.0585. The lowest BCUT2D eigenvalue weighted by molar-refractivity contribution is 0.0954. The van der Waals surface area contributed by atoms with Crippen LogP contribution in [0, 0.1) is 0 Å².